The SMILES string of the molecule is COc1cccc(C2=NO[C@H](C(=O)Nc3ccc(C(C)=O)cc3)C2)c1. The lowest BCUT2D eigenvalue weighted by Crippen LogP contribution is -2.28. The zero-order valence-electron chi connectivity index (χ0n) is 14.0. The fourth-order valence-corrected chi connectivity index (χ4v) is 2.50. The van der Waals surface area contributed by atoms with Gasteiger partial charge in [0.1, 0.15) is 5.75 Å². The number of methoxy groups -OCH3 is 1. The molecule has 1 N–H and O–H groups in total. The average molecular weight is 338 g/mol. The maximum Gasteiger partial charge on any atom is 0.268 e. The Kier molecular flexibility index (Phi) is 4.79. The molecule has 0 bridgehead atoms. The molecule has 0 saturated carbocycles. The topological polar surface area (TPSA) is 77.0 Å². The Morgan fingerprint density at radius 3 is 2.64 bits per heavy atom. The number of carbonyl (C=O) groups excluding carboxylic acids is 2. The van der Waals surface area contributed by atoms with Gasteiger partial charge in [-0.2, -0.15) is 0 Å². The summed E-state index contributed by atoms with van der Waals surface area (Å²) in [5.74, 6) is 0.421. The zero-order valence-corrected chi connectivity index (χ0v) is 14.0. The van der Waals surface area contributed by atoms with Crippen molar-refractivity contribution < 1.29 is 19.2 Å². The number of hydrogen-bond acceptors (Lipinski definition) is 5. The number of carbonyl (C=O) groups is 2. The molecule has 1 atom stereocenters. The van der Waals surface area contributed by atoms with Gasteiger partial charge in [-0.3, -0.25) is 9.59 Å². The largest absolute Gasteiger partial charge is 0.497 e. The molecule has 25 heavy (non-hydrogen) atoms. The van der Waals surface area contributed by atoms with Crippen molar-refractivity contribution >= 4 is 23.1 Å². The van der Waals surface area contributed by atoms with Gasteiger partial charge >= 0.3 is 0 Å². The van der Waals surface area contributed by atoms with Crippen LogP contribution in [-0.4, -0.2) is 30.6 Å². The highest BCUT2D eigenvalue weighted by Gasteiger charge is 2.29. The van der Waals surface area contributed by atoms with Crippen molar-refractivity contribution in [2.75, 3.05) is 12.4 Å². The van der Waals surface area contributed by atoms with Crippen molar-refractivity contribution in [1.82, 2.24) is 0 Å². The summed E-state index contributed by atoms with van der Waals surface area (Å²) in [5.41, 5.74) is 2.76. The van der Waals surface area contributed by atoms with E-state index in [1.54, 1.807) is 31.4 Å². The first-order valence-electron chi connectivity index (χ1n) is 7.86. The van der Waals surface area contributed by atoms with Gasteiger partial charge in [-0.1, -0.05) is 17.3 Å². The fraction of sp³-hybridized carbons (Fsp3) is 0.211. The van der Waals surface area contributed by atoms with Gasteiger partial charge in [0.25, 0.3) is 5.91 Å². The summed E-state index contributed by atoms with van der Waals surface area (Å²) in [6.07, 6.45) is -0.307. The standard InChI is InChI=1S/C19H18N2O4/c1-12(22)13-6-8-15(9-7-13)20-19(23)18-11-17(21-25-18)14-4-3-5-16(10-14)24-2/h3-10,18H,11H2,1-2H3,(H,20,23)/t18-/m0/s1. The van der Waals surface area contributed by atoms with Gasteiger partial charge in [0.2, 0.25) is 6.10 Å². The van der Waals surface area contributed by atoms with Gasteiger partial charge in [-0.25, -0.2) is 0 Å². The van der Waals surface area contributed by atoms with E-state index in [0.29, 0.717) is 23.4 Å². The molecule has 0 spiro atoms. The molecule has 1 amide bonds. The number of ether oxygens (including phenoxy) is 1. The van der Waals surface area contributed by atoms with Crippen LogP contribution >= 0.6 is 0 Å². The molecule has 0 saturated heterocycles. The number of rotatable bonds is 5. The van der Waals surface area contributed by atoms with E-state index in [2.05, 4.69) is 10.5 Å². The predicted molar refractivity (Wildman–Crippen MR) is 94.1 cm³/mol. The monoisotopic (exact) mass is 338 g/mol. The Morgan fingerprint density at radius 1 is 1.20 bits per heavy atom. The zero-order chi connectivity index (χ0) is 17.8. The summed E-state index contributed by atoms with van der Waals surface area (Å²) >= 11 is 0. The maximum atomic E-state index is 12.3. The second-order valence-electron chi connectivity index (χ2n) is 5.69. The molecular weight excluding hydrogens is 320 g/mol. The van der Waals surface area contributed by atoms with Crippen molar-refractivity contribution in [2.45, 2.75) is 19.4 Å². The van der Waals surface area contributed by atoms with Crippen LogP contribution in [-0.2, 0) is 9.63 Å². The molecule has 2 aromatic rings. The average Bonchev–Trinajstić information content (AvgIpc) is 3.12. The molecule has 6 heteroatoms. The van der Waals surface area contributed by atoms with E-state index in [9.17, 15) is 9.59 Å². The van der Waals surface area contributed by atoms with Crippen molar-refractivity contribution in [3.05, 3.63) is 59.7 Å². The van der Waals surface area contributed by atoms with Crippen LogP contribution in [0.5, 0.6) is 5.75 Å². The van der Waals surface area contributed by atoms with Crippen molar-refractivity contribution in [2.24, 2.45) is 5.16 Å². The van der Waals surface area contributed by atoms with E-state index in [1.165, 1.54) is 6.92 Å². The van der Waals surface area contributed by atoms with Crippen LogP contribution in [0.1, 0.15) is 29.3 Å². The fourth-order valence-electron chi connectivity index (χ4n) is 2.50. The van der Waals surface area contributed by atoms with Gasteiger partial charge < -0.3 is 14.9 Å². The number of hydrogen-bond donors (Lipinski definition) is 1. The first kappa shape index (κ1) is 16.7. The Hall–Kier alpha value is -3.15. The number of benzene rings is 2. The van der Waals surface area contributed by atoms with E-state index >= 15 is 0 Å². The molecule has 0 aromatic heterocycles. The van der Waals surface area contributed by atoms with Crippen LogP contribution in [0.2, 0.25) is 0 Å². The highest BCUT2D eigenvalue weighted by atomic mass is 16.6. The molecule has 1 heterocycles. The lowest BCUT2D eigenvalue weighted by atomic mass is 10.0. The Balaban J connectivity index is 1.62. The first-order chi connectivity index (χ1) is 12.1. The van der Waals surface area contributed by atoms with Gasteiger partial charge in [0.15, 0.2) is 5.78 Å². The van der Waals surface area contributed by atoms with E-state index in [4.69, 9.17) is 9.57 Å². The molecule has 1 aliphatic heterocycles. The van der Waals surface area contributed by atoms with Gasteiger partial charge in [-0.15, -0.1) is 0 Å². The van der Waals surface area contributed by atoms with E-state index in [0.717, 1.165) is 11.3 Å². The molecule has 3 rings (SSSR count). The minimum atomic E-state index is -0.686. The lowest BCUT2D eigenvalue weighted by molar-refractivity contribution is -0.125. The first-order valence-corrected chi connectivity index (χ1v) is 7.86. The molecule has 0 aliphatic carbocycles. The number of anilines is 1. The summed E-state index contributed by atoms with van der Waals surface area (Å²) in [6.45, 7) is 1.50. The smallest absolute Gasteiger partial charge is 0.268 e. The van der Waals surface area contributed by atoms with Crippen molar-refractivity contribution in [3.8, 4) is 5.75 Å². The second kappa shape index (κ2) is 7.17. The van der Waals surface area contributed by atoms with Crippen LogP contribution < -0.4 is 10.1 Å². The number of nitrogens with one attached hydrogen (secondary N) is 1. The van der Waals surface area contributed by atoms with Crippen LogP contribution in [0, 0.1) is 0 Å². The molecule has 0 fully saturated rings. The summed E-state index contributed by atoms with van der Waals surface area (Å²) in [6, 6.07) is 14.2. The number of oxime groups is 1. The van der Waals surface area contributed by atoms with Crippen LogP contribution in [0.4, 0.5) is 5.69 Å². The van der Waals surface area contributed by atoms with Crippen LogP contribution in [0.25, 0.3) is 0 Å². The number of ketones is 1. The molecule has 6 nitrogen and oxygen atoms in total. The third-order valence-corrected chi connectivity index (χ3v) is 3.92. The third-order valence-electron chi connectivity index (χ3n) is 3.92. The van der Waals surface area contributed by atoms with E-state index < -0.39 is 6.10 Å². The number of amides is 1. The molecule has 2 aromatic carbocycles. The highest BCUT2D eigenvalue weighted by molar-refractivity contribution is 6.06. The lowest BCUT2D eigenvalue weighted by Gasteiger charge is -2.10. The van der Waals surface area contributed by atoms with Gasteiger partial charge in [-0.05, 0) is 43.3 Å². The minimum Gasteiger partial charge on any atom is -0.497 e. The maximum absolute atomic E-state index is 12.3. The molecule has 128 valence electrons. The number of nitrogens with zero attached hydrogens (tertiary/aromatic N) is 1. The quantitative estimate of drug-likeness (QED) is 0.850. The molecular formula is C19H18N2O4. The summed E-state index contributed by atoms with van der Waals surface area (Å²) in [4.78, 5) is 28.9. The predicted octanol–water partition coefficient (Wildman–Crippen LogP) is 3.03. The van der Waals surface area contributed by atoms with E-state index in [-0.39, 0.29) is 11.7 Å². The van der Waals surface area contributed by atoms with E-state index in [1.807, 2.05) is 24.3 Å². The summed E-state index contributed by atoms with van der Waals surface area (Å²) in [5, 5.41) is 6.79. The summed E-state index contributed by atoms with van der Waals surface area (Å²) < 4.78 is 5.20. The Labute approximate surface area is 145 Å². The van der Waals surface area contributed by atoms with Gasteiger partial charge in [0.05, 0.1) is 12.8 Å². The normalized spacial score (nSPS) is 15.9. The third kappa shape index (κ3) is 3.85. The Morgan fingerprint density at radius 2 is 1.96 bits per heavy atom. The van der Waals surface area contributed by atoms with Crippen LogP contribution in [0.15, 0.2) is 53.7 Å². The second-order valence-corrected chi connectivity index (χ2v) is 5.69. The van der Waals surface area contributed by atoms with Gasteiger partial charge in [0, 0.05) is 23.2 Å². The minimum absolute atomic E-state index is 0.0201. The number of Topliss-reactive ketones (excluding diaryl/α,β-unsaturated/α-hetero) is 1. The molecule has 0 unspecified atom stereocenters. The molecule has 1 aliphatic rings. The molecule has 0 radical (unpaired) electrons. The summed E-state index contributed by atoms with van der Waals surface area (Å²) in [7, 11) is 1.60. The van der Waals surface area contributed by atoms with Crippen LogP contribution in [0.3, 0.4) is 0 Å². The Bertz CT molecular complexity index is 828. The van der Waals surface area contributed by atoms with Crippen molar-refractivity contribution in [1.29, 1.82) is 0 Å². The van der Waals surface area contributed by atoms with Crippen molar-refractivity contribution in [3.63, 3.8) is 0 Å². The highest BCUT2D eigenvalue weighted by Crippen LogP contribution is 2.21.